The molecule has 3 amide bonds. The number of halogens is 7. The predicted octanol–water partition coefficient (Wildman–Crippen LogP) is 7.52. The summed E-state index contributed by atoms with van der Waals surface area (Å²) in [4.78, 5) is 98.5. The van der Waals surface area contributed by atoms with Crippen molar-refractivity contribution in [3.05, 3.63) is 121 Å². The molecule has 23 nitrogen and oxygen atoms in total. The molecule has 2 saturated heterocycles. The molecule has 2 fully saturated rings. The molecular weight excluding hydrogens is 1230 g/mol. The van der Waals surface area contributed by atoms with Crippen LogP contribution in [0.15, 0.2) is 97.6 Å². The van der Waals surface area contributed by atoms with E-state index >= 15 is 0 Å². The van der Waals surface area contributed by atoms with Crippen LogP contribution in [0.3, 0.4) is 0 Å². The number of carbonyl (C=O) groups excluding carboxylic acids is 5. The summed E-state index contributed by atoms with van der Waals surface area (Å²) >= 11 is 7.33. The molecule has 8 aromatic rings. The molecule has 2 aromatic carbocycles. The van der Waals surface area contributed by atoms with Crippen molar-refractivity contribution >= 4 is 117 Å². The van der Waals surface area contributed by atoms with Gasteiger partial charge in [0.25, 0.3) is 0 Å². The first-order valence-corrected chi connectivity index (χ1v) is 26.7. The number of alkyl halides is 6. The van der Waals surface area contributed by atoms with E-state index in [2.05, 4.69) is 87.9 Å². The maximum atomic E-state index is 14.5. The van der Waals surface area contributed by atoms with Crippen molar-refractivity contribution in [2.24, 2.45) is 0 Å². The number of pyridine rings is 2. The number of amides is 3. The number of Topliss-reactive ketones (excluding diaryl/α,β-unsaturated/α-hetero) is 2. The van der Waals surface area contributed by atoms with E-state index in [4.69, 9.17) is 5.11 Å². The van der Waals surface area contributed by atoms with Crippen molar-refractivity contribution in [1.29, 1.82) is 0 Å². The Labute approximate surface area is 513 Å². The van der Waals surface area contributed by atoms with E-state index in [1.807, 2.05) is 12.1 Å². The average molecular weight is 1290 g/mol. The van der Waals surface area contributed by atoms with Crippen LogP contribution in [0.25, 0.3) is 44.1 Å². The highest BCUT2D eigenvalue weighted by Gasteiger charge is 2.40. The fourth-order valence-electron chi connectivity index (χ4n) is 8.82. The number of fused-ring (bicyclic) bond motifs is 2. The van der Waals surface area contributed by atoms with E-state index in [9.17, 15) is 55.1 Å². The molecule has 2 aliphatic heterocycles. The fraction of sp³-hybridized carbons (Fsp3) is 0.296. The second-order valence-electron chi connectivity index (χ2n) is 18.7. The molecule has 2 aliphatic rings. The lowest BCUT2D eigenvalue weighted by atomic mass is 10.0. The summed E-state index contributed by atoms with van der Waals surface area (Å²) in [5.41, 5.74) is 4.66. The van der Waals surface area contributed by atoms with Gasteiger partial charge in [0.05, 0.1) is 23.6 Å². The maximum Gasteiger partial charge on any atom is 0.388 e. The molecule has 0 radical (unpaired) electrons. The molecular formula is C54H53ClF6N14O9S3. The number of hydrogen-bond donors (Lipinski definition) is 4. The number of aromatic nitrogens is 10. The summed E-state index contributed by atoms with van der Waals surface area (Å²) in [6, 6.07) is 16.8. The van der Waals surface area contributed by atoms with Crippen molar-refractivity contribution in [3.63, 3.8) is 0 Å². The number of aliphatic carboxylic acids is 1. The third kappa shape index (κ3) is 18.4. The van der Waals surface area contributed by atoms with Crippen LogP contribution < -0.4 is 25.4 Å². The summed E-state index contributed by atoms with van der Waals surface area (Å²) < 4.78 is 87.4. The Morgan fingerprint density at radius 3 is 1.52 bits per heavy atom. The predicted molar refractivity (Wildman–Crippen MR) is 316 cm³/mol. The van der Waals surface area contributed by atoms with Gasteiger partial charge in [0, 0.05) is 114 Å². The third-order valence-corrected chi connectivity index (χ3v) is 12.6. The summed E-state index contributed by atoms with van der Waals surface area (Å²) in [5.74, 6) is -2.77. The number of likely N-dealkylation sites (tertiary alicyclic amines) is 1. The van der Waals surface area contributed by atoms with E-state index < -0.39 is 67.2 Å². The summed E-state index contributed by atoms with van der Waals surface area (Å²) in [6.45, 7) is -0.599. The Hall–Kier alpha value is -8.72. The number of anilines is 2. The minimum Gasteiger partial charge on any atom is -0.480 e. The van der Waals surface area contributed by atoms with Gasteiger partial charge < -0.3 is 35.4 Å². The van der Waals surface area contributed by atoms with Crippen LogP contribution in [-0.4, -0.2) is 145 Å². The first-order chi connectivity index (χ1) is 40.6. The van der Waals surface area contributed by atoms with Gasteiger partial charge in [0.1, 0.15) is 66.1 Å². The van der Waals surface area contributed by atoms with Gasteiger partial charge in [-0.3, -0.25) is 38.1 Å². The zero-order valence-corrected chi connectivity index (χ0v) is 49.5. The molecule has 33 heteroatoms. The molecule has 8 heterocycles. The molecule has 0 bridgehead atoms. The maximum absolute atomic E-state index is 14.5. The smallest absolute Gasteiger partial charge is 0.388 e. The Balaban J connectivity index is 0.000000254. The number of ketones is 2. The van der Waals surface area contributed by atoms with Crippen LogP contribution in [0, 0.1) is 13.8 Å². The van der Waals surface area contributed by atoms with E-state index in [-0.39, 0.29) is 105 Å². The number of carboxylic acid groups (broad SMARTS) is 1. The Kier molecular flexibility index (Phi) is 25.1. The van der Waals surface area contributed by atoms with Crippen LogP contribution in [0.4, 0.5) is 38.0 Å². The van der Waals surface area contributed by atoms with Crippen molar-refractivity contribution in [2.45, 2.75) is 91.3 Å². The lowest BCUT2D eigenvalue weighted by molar-refractivity contribution is -0.138. The Morgan fingerprint density at radius 2 is 1.10 bits per heavy atom. The van der Waals surface area contributed by atoms with Crippen LogP contribution in [0.5, 0.6) is 11.8 Å². The number of carboxylic acids is 1. The highest BCUT2D eigenvalue weighted by Crippen LogP contribution is 2.30. The first-order valence-electron chi connectivity index (χ1n) is 25.3. The van der Waals surface area contributed by atoms with E-state index in [0.717, 1.165) is 27.2 Å². The molecule has 460 valence electrons. The molecule has 6 aromatic heterocycles. The number of carbonyl (C=O) groups is 6. The summed E-state index contributed by atoms with van der Waals surface area (Å²) in [6.07, 6.45) is 4.04. The van der Waals surface area contributed by atoms with Gasteiger partial charge >= 0.3 is 19.2 Å². The van der Waals surface area contributed by atoms with Gasteiger partial charge in [-0.05, 0) is 61.4 Å². The SMILES string of the molecule is CC(=O)c1nn(CC(=O)N2C[C@H](F)C[C@H]2C(=O)Nc2cccc(OC(F)F)n2)c2ccc(-c3cnc(C)nc3)cc12.CC(=O)c1nn(CC(=O)O)c2ccc(-c3cnc(C)nc3)cc12.Cl.O=C(Nc1cccc(OC(F)F)n1)[C@@H]1C[C@@H](F)CN1.S.S=S. The molecule has 0 spiro atoms. The number of aryl methyl sites for hydroxylation is 2. The number of rotatable bonds is 16. The Morgan fingerprint density at radius 1 is 0.655 bits per heavy atom. The topological polar surface area (TPSA) is 293 Å². The largest absolute Gasteiger partial charge is 0.480 e. The lowest BCUT2D eigenvalue weighted by Crippen LogP contribution is -2.44. The monoisotopic (exact) mass is 1290 g/mol. The highest BCUT2D eigenvalue weighted by atomic mass is 35.5. The van der Waals surface area contributed by atoms with Crippen LogP contribution in [0.1, 0.15) is 59.3 Å². The van der Waals surface area contributed by atoms with Crippen molar-refractivity contribution in [3.8, 4) is 34.0 Å². The lowest BCUT2D eigenvalue weighted by Gasteiger charge is -2.23. The molecule has 4 atom stereocenters. The van der Waals surface area contributed by atoms with E-state index in [1.165, 1.54) is 59.6 Å². The number of nitrogens with one attached hydrogen (secondary N) is 3. The Bertz CT molecular complexity index is 3750. The van der Waals surface area contributed by atoms with Gasteiger partial charge in [0.2, 0.25) is 29.5 Å². The molecule has 87 heavy (non-hydrogen) atoms. The van der Waals surface area contributed by atoms with Gasteiger partial charge in [-0.2, -0.15) is 51.2 Å². The third-order valence-electron chi connectivity index (χ3n) is 12.6. The first kappa shape index (κ1) is 69.1. The normalized spacial score (nSPS) is 15.7. The van der Waals surface area contributed by atoms with Crippen molar-refractivity contribution < 1.29 is 69.7 Å². The quantitative estimate of drug-likeness (QED) is 0.0537. The molecule has 10 rings (SSSR count). The number of benzene rings is 2. The summed E-state index contributed by atoms with van der Waals surface area (Å²) in [5, 5.41) is 26.1. The molecule has 4 N–H and O–H groups in total. The van der Waals surface area contributed by atoms with Crippen LogP contribution >= 0.6 is 25.9 Å². The zero-order chi connectivity index (χ0) is 61.6. The number of ether oxygens (including phenoxy) is 2. The van der Waals surface area contributed by atoms with Crippen molar-refractivity contribution in [1.82, 2.24) is 59.7 Å². The summed E-state index contributed by atoms with van der Waals surface area (Å²) in [7, 11) is 0. The average Bonchev–Trinajstić information content (AvgIpc) is 4.19. The van der Waals surface area contributed by atoms with Gasteiger partial charge in [-0.15, -0.1) is 12.4 Å². The minimum absolute atomic E-state index is 0. The zero-order valence-electron chi connectivity index (χ0n) is 46.1. The van der Waals surface area contributed by atoms with Gasteiger partial charge in [-0.1, -0.05) is 24.3 Å². The standard InChI is InChI=1S/C27H24F3N7O4.C16H14N4O3.C11H12F3N3O2.ClH.S2.H2S/c1-14(38)25-19-8-16(17-10-31-15(2)32-11-17)6-7-20(19)37(35-25)13-24(39)36-12-18(28)9-21(36)26(40)34-22-4-3-5-23(33-22)41-27(29)30;1-9(21)16-13-5-11(12-6-17-10(2)18-7-12)3-4-14(13)20(19-16)8-15(22)23;12-6-4-7(15-5-6)10(18)17-8-2-1-3-9(16-8)19-11(13)14;;1-2;/h3-8,10-11,18,21,27H,9,12-13H2,1-2H3,(H,33,34,40);3-7H,8H2,1-2H3,(H,22,23);1-3,6-7,11,15H,4-5H2,(H,16,17,18);1H;;1H2/t18-,21+;;6-,7+;;;/m1.1.../s1. The fourth-order valence-corrected chi connectivity index (χ4v) is 8.82. The van der Waals surface area contributed by atoms with Gasteiger partial charge in [-0.25, -0.2) is 28.7 Å². The van der Waals surface area contributed by atoms with Crippen LogP contribution in [0.2, 0.25) is 0 Å². The second-order valence-corrected chi connectivity index (χ2v) is 18.7. The molecule has 0 unspecified atom stereocenters. The minimum atomic E-state index is -3.10. The second kappa shape index (κ2) is 31.6. The van der Waals surface area contributed by atoms with E-state index in [1.54, 1.807) is 62.9 Å². The number of nitrogens with zero attached hydrogens (tertiary/aromatic N) is 11. The van der Waals surface area contributed by atoms with E-state index in [0.29, 0.717) is 33.5 Å². The van der Waals surface area contributed by atoms with Crippen LogP contribution in [-0.2, 0) is 54.6 Å². The highest BCUT2D eigenvalue weighted by molar-refractivity contribution is 8.07. The molecule has 0 aliphatic carbocycles. The molecule has 0 saturated carbocycles. The number of hydrogen-bond acceptors (Lipinski definition) is 19. The van der Waals surface area contributed by atoms with Crippen molar-refractivity contribution in [2.75, 3.05) is 23.7 Å². The van der Waals surface area contributed by atoms with Gasteiger partial charge in [0.15, 0.2) is 11.6 Å².